The minimum Gasteiger partial charge on any atom is -0.367 e. The summed E-state index contributed by atoms with van der Waals surface area (Å²) < 4.78 is 28.6. The van der Waals surface area contributed by atoms with Crippen LogP contribution in [0.5, 0.6) is 0 Å². The molecule has 34 heavy (non-hydrogen) atoms. The smallest absolute Gasteiger partial charge is 0.256 e. The Bertz CT molecular complexity index is 1290. The fourth-order valence-corrected chi connectivity index (χ4v) is 4.61. The van der Waals surface area contributed by atoms with E-state index in [2.05, 4.69) is 33.9 Å². The van der Waals surface area contributed by atoms with Gasteiger partial charge in [0.2, 0.25) is 5.95 Å². The zero-order chi connectivity index (χ0) is 24.5. The molecule has 0 bridgehead atoms. The van der Waals surface area contributed by atoms with E-state index < -0.39 is 13.0 Å². The van der Waals surface area contributed by atoms with Crippen molar-refractivity contribution in [2.75, 3.05) is 5.73 Å². The first-order valence-corrected chi connectivity index (χ1v) is 11.7. The number of alkyl halides is 2. The van der Waals surface area contributed by atoms with Crippen molar-refractivity contribution in [3.05, 3.63) is 30.2 Å². The number of nitrogens with zero attached hydrogens (tertiary/aromatic N) is 6. The quantitative estimate of drug-likeness (QED) is 0.450. The van der Waals surface area contributed by atoms with E-state index in [0.29, 0.717) is 39.4 Å². The van der Waals surface area contributed by atoms with Gasteiger partial charge in [0.05, 0.1) is 24.0 Å². The number of aromatic nitrogens is 6. The number of pyridine rings is 1. The van der Waals surface area contributed by atoms with Crippen LogP contribution in [0.25, 0.3) is 27.9 Å². The monoisotopic (exact) mass is 465 g/mol. The topological polar surface area (TPSA) is 86.9 Å². The summed E-state index contributed by atoms with van der Waals surface area (Å²) in [6.07, 6.45) is 7.81. The van der Waals surface area contributed by atoms with Crippen LogP contribution in [0, 0.1) is 12.3 Å². The highest BCUT2D eigenvalue weighted by Crippen LogP contribution is 2.38. The number of aryl methyl sites for hydroxylation is 1. The summed E-state index contributed by atoms with van der Waals surface area (Å²) in [5.74, 6) is 0.577. The number of hydrogen-bond donors (Lipinski definition) is 1. The molecular formula is C24H30BF2N7. The molecule has 0 saturated heterocycles. The number of imidazole rings is 1. The highest BCUT2D eigenvalue weighted by atomic mass is 19.3. The second-order valence-electron chi connectivity index (χ2n) is 9.32. The van der Waals surface area contributed by atoms with Crippen LogP contribution in [0.2, 0.25) is 0 Å². The molecule has 0 unspecified atom stereocenters. The van der Waals surface area contributed by atoms with E-state index in [0.717, 1.165) is 5.41 Å². The van der Waals surface area contributed by atoms with Crippen molar-refractivity contribution in [1.29, 1.82) is 0 Å². The van der Waals surface area contributed by atoms with Crippen molar-refractivity contribution < 1.29 is 8.78 Å². The van der Waals surface area contributed by atoms with Gasteiger partial charge in [-0.3, -0.25) is 0 Å². The normalized spacial score (nSPS) is 15.6. The minimum absolute atomic E-state index is 0.0930. The van der Waals surface area contributed by atoms with Crippen LogP contribution in [0.3, 0.4) is 0 Å². The summed E-state index contributed by atoms with van der Waals surface area (Å²) in [7, 11) is 5.97. The van der Waals surface area contributed by atoms with Crippen LogP contribution < -0.4 is 11.3 Å². The number of fused-ring (bicyclic) bond motifs is 2. The Labute approximate surface area is 199 Å². The van der Waals surface area contributed by atoms with Gasteiger partial charge in [-0.25, -0.2) is 28.2 Å². The lowest BCUT2D eigenvalue weighted by atomic mass is 9.74. The lowest BCUT2D eigenvalue weighted by Gasteiger charge is -2.32. The molecule has 1 aliphatic rings. The van der Waals surface area contributed by atoms with Crippen molar-refractivity contribution in [1.82, 2.24) is 29.1 Å². The zero-order valence-electron chi connectivity index (χ0n) is 19.9. The molecule has 7 nitrogen and oxygen atoms in total. The van der Waals surface area contributed by atoms with E-state index in [1.165, 1.54) is 47.6 Å². The first-order valence-electron chi connectivity index (χ1n) is 11.7. The van der Waals surface area contributed by atoms with Crippen molar-refractivity contribution in [3.8, 4) is 11.3 Å². The van der Waals surface area contributed by atoms with Gasteiger partial charge in [-0.15, -0.1) is 5.10 Å². The summed E-state index contributed by atoms with van der Waals surface area (Å²) in [5, 5.41) is 4.06. The molecule has 4 aromatic heterocycles. The van der Waals surface area contributed by atoms with Crippen molar-refractivity contribution in [2.45, 2.75) is 72.3 Å². The third-order valence-electron chi connectivity index (χ3n) is 6.86. The van der Waals surface area contributed by atoms with Gasteiger partial charge in [0.25, 0.3) is 6.43 Å². The number of nitrogen functional groups attached to an aromatic ring is 1. The van der Waals surface area contributed by atoms with Gasteiger partial charge in [-0.1, -0.05) is 39.5 Å². The first-order chi connectivity index (χ1) is 16.2. The second kappa shape index (κ2) is 9.68. The average molecular weight is 465 g/mol. The summed E-state index contributed by atoms with van der Waals surface area (Å²) in [6, 6.07) is 5.19. The Hall–Kier alpha value is -3.04. The maximum absolute atomic E-state index is 12.9. The lowest BCUT2D eigenvalue weighted by Crippen LogP contribution is -2.18. The van der Waals surface area contributed by atoms with E-state index in [1.807, 2.05) is 0 Å². The second-order valence-corrected chi connectivity index (χ2v) is 9.32. The fraction of sp³-hybridized carbons (Fsp3) is 0.500. The van der Waals surface area contributed by atoms with Crippen molar-refractivity contribution in [3.63, 3.8) is 0 Å². The molecule has 1 aliphatic carbocycles. The molecule has 1 saturated carbocycles. The Balaban J connectivity index is 0.000000257. The summed E-state index contributed by atoms with van der Waals surface area (Å²) in [5.41, 5.74) is 9.49. The van der Waals surface area contributed by atoms with E-state index in [-0.39, 0.29) is 5.95 Å². The van der Waals surface area contributed by atoms with Crippen LogP contribution in [0.4, 0.5) is 14.7 Å². The maximum atomic E-state index is 12.9. The van der Waals surface area contributed by atoms with E-state index in [4.69, 9.17) is 13.6 Å². The molecule has 5 rings (SSSR count). The number of halogens is 2. The molecule has 4 heterocycles. The molecule has 0 aromatic carbocycles. The molecule has 0 amide bonds. The van der Waals surface area contributed by atoms with Crippen molar-refractivity contribution in [2.24, 2.45) is 5.41 Å². The van der Waals surface area contributed by atoms with Crippen LogP contribution in [0.1, 0.15) is 58.2 Å². The van der Waals surface area contributed by atoms with Crippen LogP contribution >= 0.6 is 0 Å². The predicted molar refractivity (Wildman–Crippen MR) is 132 cm³/mol. The SMILES string of the molecule is CCC1(C)CCCCC1.[B]c1cc(-c2ccc3nc(C)n(CC(F)F)c3n2)c2cnc(N)nn12. The van der Waals surface area contributed by atoms with Crippen LogP contribution in [0.15, 0.2) is 24.4 Å². The maximum Gasteiger partial charge on any atom is 0.256 e. The Morgan fingerprint density at radius 3 is 2.56 bits per heavy atom. The largest absolute Gasteiger partial charge is 0.367 e. The highest BCUT2D eigenvalue weighted by Gasteiger charge is 2.23. The first kappa shape index (κ1) is 24.1. The Kier molecular flexibility index (Phi) is 6.86. The van der Waals surface area contributed by atoms with Crippen LogP contribution in [-0.2, 0) is 6.54 Å². The van der Waals surface area contributed by atoms with Crippen LogP contribution in [-0.4, -0.2) is 43.4 Å². The van der Waals surface area contributed by atoms with Gasteiger partial charge in [0, 0.05) is 5.56 Å². The fourth-order valence-electron chi connectivity index (χ4n) is 4.61. The molecular weight excluding hydrogens is 435 g/mol. The number of rotatable bonds is 4. The molecule has 4 aromatic rings. The molecule has 178 valence electrons. The van der Waals surface area contributed by atoms with Gasteiger partial charge < -0.3 is 10.3 Å². The van der Waals surface area contributed by atoms with E-state index >= 15 is 0 Å². The summed E-state index contributed by atoms with van der Waals surface area (Å²) >= 11 is 0. The number of anilines is 1. The summed E-state index contributed by atoms with van der Waals surface area (Å²) in [4.78, 5) is 12.8. The van der Waals surface area contributed by atoms with Gasteiger partial charge in [-0.2, -0.15) is 0 Å². The zero-order valence-corrected chi connectivity index (χ0v) is 19.9. The predicted octanol–water partition coefficient (Wildman–Crippen LogP) is 4.46. The van der Waals surface area contributed by atoms with Gasteiger partial charge >= 0.3 is 0 Å². The molecule has 0 spiro atoms. The Morgan fingerprint density at radius 2 is 1.91 bits per heavy atom. The van der Waals surface area contributed by atoms with Gasteiger partial charge in [0.15, 0.2) is 5.65 Å². The third kappa shape index (κ3) is 4.90. The number of hydrogen-bond acceptors (Lipinski definition) is 5. The van der Waals surface area contributed by atoms with E-state index in [1.54, 1.807) is 31.3 Å². The summed E-state index contributed by atoms with van der Waals surface area (Å²) in [6.45, 7) is 5.97. The number of nitrogens with two attached hydrogens (primary N) is 1. The van der Waals surface area contributed by atoms with Gasteiger partial charge in [-0.05, 0) is 49.0 Å². The molecule has 2 radical (unpaired) electrons. The standard InChI is InChI=1S/C15H12BF2N7.C9H18/c1-7-21-10-3-2-9(22-14(10)24(7)6-13(17)18)8-4-12(16)25-11(8)5-20-15(19)23-25;1-3-9(2)7-5-4-6-8-9/h2-5,13H,6H2,1H3,(H2,19,23);3-8H2,1-2H3. The minimum atomic E-state index is -2.50. The molecule has 1 fully saturated rings. The lowest BCUT2D eigenvalue weighted by molar-refractivity contribution is 0.127. The molecule has 0 atom stereocenters. The highest BCUT2D eigenvalue weighted by molar-refractivity contribution is 6.32. The Morgan fingerprint density at radius 1 is 1.18 bits per heavy atom. The van der Waals surface area contributed by atoms with Gasteiger partial charge in [0.1, 0.15) is 19.2 Å². The third-order valence-corrected chi connectivity index (χ3v) is 6.86. The molecule has 2 N–H and O–H groups in total. The van der Waals surface area contributed by atoms with E-state index in [9.17, 15) is 8.78 Å². The average Bonchev–Trinajstić information content (AvgIpc) is 3.30. The molecule has 0 aliphatic heterocycles. The van der Waals surface area contributed by atoms with Crippen molar-refractivity contribution >= 4 is 36.1 Å². The molecule has 10 heteroatoms.